The zero-order valence-corrected chi connectivity index (χ0v) is 27.4. The summed E-state index contributed by atoms with van der Waals surface area (Å²) < 4.78 is 8.82. The monoisotopic (exact) mass is 658 g/mol. The Morgan fingerprint density at radius 1 is 0.440 bits per heavy atom. The highest BCUT2D eigenvalue weighted by Gasteiger charge is 2.20. The minimum Gasteiger partial charge on any atom is -0.452 e. The number of aromatic nitrogens is 4. The summed E-state index contributed by atoms with van der Waals surface area (Å²) >= 11 is 1.77. The molecule has 0 saturated heterocycles. The summed E-state index contributed by atoms with van der Waals surface area (Å²) in [6.07, 6.45) is 0. The maximum atomic E-state index is 6.47. The van der Waals surface area contributed by atoms with E-state index in [-0.39, 0.29) is 0 Å². The zero-order valence-electron chi connectivity index (χ0n) is 26.6. The molecule has 0 radical (unpaired) electrons. The molecule has 0 aliphatic rings. The first-order chi connectivity index (χ1) is 24.8. The number of para-hydroxylation sites is 1. The van der Waals surface area contributed by atoms with Gasteiger partial charge < -0.3 is 4.42 Å². The van der Waals surface area contributed by atoms with Crippen molar-refractivity contribution in [1.29, 1.82) is 0 Å². The summed E-state index contributed by atoms with van der Waals surface area (Å²) in [5.41, 5.74) is 9.79. The number of thiophene rings is 1. The number of benzene rings is 6. The average molecular weight is 659 g/mol. The van der Waals surface area contributed by atoms with Crippen LogP contribution < -0.4 is 0 Å². The quantitative estimate of drug-likeness (QED) is 0.184. The van der Waals surface area contributed by atoms with Crippen LogP contribution in [0, 0.1) is 0 Å². The molecule has 0 aliphatic carbocycles. The van der Waals surface area contributed by atoms with Crippen LogP contribution >= 0.6 is 11.3 Å². The third kappa shape index (κ3) is 4.77. The van der Waals surface area contributed by atoms with Crippen molar-refractivity contribution in [3.8, 4) is 56.5 Å². The van der Waals surface area contributed by atoms with Crippen molar-refractivity contribution in [2.24, 2.45) is 0 Å². The Kier molecular flexibility index (Phi) is 6.60. The molecule has 50 heavy (non-hydrogen) atoms. The van der Waals surface area contributed by atoms with Gasteiger partial charge in [-0.2, -0.15) is 0 Å². The summed E-state index contributed by atoms with van der Waals surface area (Å²) in [7, 11) is 0. The largest absolute Gasteiger partial charge is 0.452 e. The van der Waals surface area contributed by atoms with Crippen molar-refractivity contribution in [1.82, 2.24) is 19.9 Å². The topological polar surface area (TPSA) is 64.7 Å². The van der Waals surface area contributed by atoms with E-state index in [1.807, 2.05) is 84.9 Å². The molecule has 0 N–H and O–H groups in total. The van der Waals surface area contributed by atoms with Crippen molar-refractivity contribution >= 4 is 53.6 Å². The molecule has 6 aromatic carbocycles. The van der Waals surface area contributed by atoms with E-state index < -0.39 is 0 Å². The van der Waals surface area contributed by atoms with E-state index in [0.29, 0.717) is 17.2 Å². The summed E-state index contributed by atoms with van der Waals surface area (Å²) in [5, 5.41) is 3.21. The summed E-state index contributed by atoms with van der Waals surface area (Å²) in [4.78, 5) is 20.5. The molecular weight excluding hydrogens is 633 g/mol. The van der Waals surface area contributed by atoms with E-state index in [2.05, 4.69) is 72.8 Å². The van der Waals surface area contributed by atoms with Gasteiger partial charge in [-0.3, -0.25) is 0 Å². The molecule has 0 saturated carbocycles. The lowest BCUT2D eigenvalue weighted by molar-refractivity contribution is 0.667. The van der Waals surface area contributed by atoms with Gasteiger partial charge in [-0.1, -0.05) is 121 Å². The van der Waals surface area contributed by atoms with Crippen molar-refractivity contribution in [3.63, 3.8) is 0 Å². The molecule has 0 bridgehead atoms. The number of hydrogen-bond acceptors (Lipinski definition) is 6. The van der Waals surface area contributed by atoms with Crippen LogP contribution in [0.4, 0.5) is 0 Å². The van der Waals surface area contributed by atoms with Crippen LogP contribution in [0.25, 0.3) is 98.8 Å². The molecule has 4 heterocycles. The first-order valence-electron chi connectivity index (χ1n) is 16.5. The lowest BCUT2D eigenvalue weighted by Gasteiger charge is -2.11. The van der Waals surface area contributed by atoms with Gasteiger partial charge in [-0.25, -0.2) is 19.9 Å². The molecule has 0 unspecified atom stereocenters. The normalized spacial score (nSPS) is 11.6. The molecule has 4 aromatic heterocycles. The first kappa shape index (κ1) is 28.5. The van der Waals surface area contributed by atoms with Crippen LogP contribution in [0.2, 0.25) is 0 Å². The SMILES string of the molecule is c1ccc(-c2cc(-c3ccccc3)nc(-c3cccc4sc5ccc(-c6nc(-c7ccccc7)nc7c6oc6ccccc67)cc5c34)n2)cc1. The summed E-state index contributed by atoms with van der Waals surface area (Å²) in [5.74, 6) is 1.35. The van der Waals surface area contributed by atoms with Crippen molar-refractivity contribution < 1.29 is 4.42 Å². The van der Waals surface area contributed by atoms with Crippen molar-refractivity contribution in [3.05, 3.63) is 158 Å². The highest BCUT2D eigenvalue weighted by atomic mass is 32.1. The van der Waals surface area contributed by atoms with Gasteiger partial charge in [0.1, 0.15) is 16.8 Å². The van der Waals surface area contributed by atoms with Crippen LogP contribution in [0.5, 0.6) is 0 Å². The van der Waals surface area contributed by atoms with E-state index in [1.165, 1.54) is 9.40 Å². The van der Waals surface area contributed by atoms with Gasteiger partial charge in [0.15, 0.2) is 17.2 Å². The van der Waals surface area contributed by atoms with Gasteiger partial charge >= 0.3 is 0 Å². The van der Waals surface area contributed by atoms with Gasteiger partial charge in [0.05, 0.1) is 11.4 Å². The van der Waals surface area contributed by atoms with Crippen molar-refractivity contribution in [2.45, 2.75) is 0 Å². The Balaban J connectivity index is 1.22. The molecular formula is C44H26N4OS. The highest BCUT2D eigenvalue weighted by Crippen LogP contribution is 2.43. The van der Waals surface area contributed by atoms with Crippen LogP contribution in [-0.4, -0.2) is 19.9 Å². The number of rotatable bonds is 5. The molecule has 6 heteroatoms. The fourth-order valence-electron chi connectivity index (χ4n) is 6.74. The molecule has 0 aliphatic heterocycles. The second-order valence-corrected chi connectivity index (χ2v) is 13.3. The van der Waals surface area contributed by atoms with Crippen LogP contribution in [0.3, 0.4) is 0 Å². The number of fused-ring (bicyclic) bond motifs is 6. The van der Waals surface area contributed by atoms with Crippen molar-refractivity contribution in [2.75, 3.05) is 0 Å². The van der Waals surface area contributed by atoms with E-state index in [9.17, 15) is 0 Å². The minimum absolute atomic E-state index is 0.662. The third-order valence-corrected chi connectivity index (χ3v) is 10.3. The van der Waals surface area contributed by atoms with Gasteiger partial charge in [0.2, 0.25) is 0 Å². The van der Waals surface area contributed by atoms with E-state index in [4.69, 9.17) is 24.4 Å². The van der Waals surface area contributed by atoms with Gasteiger partial charge in [0.25, 0.3) is 0 Å². The van der Waals surface area contributed by atoms with Gasteiger partial charge in [-0.15, -0.1) is 11.3 Å². The molecule has 10 rings (SSSR count). The van der Waals surface area contributed by atoms with E-state index in [1.54, 1.807) is 11.3 Å². The van der Waals surface area contributed by atoms with Gasteiger partial charge in [-0.05, 0) is 36.4 Å². The standard InChI is InChI=1S/C44H26N4OS/c1-4-13-27(14-5-1)34-26-35(28-15-6-2-7-16-28)46-44(45-34)32-20-12-22-38-39(32)33-25-30(23-24-37(33)50-38)40-42-41(31-19-10-11-21-36(31)49-42)48-43(47-40)29-17-8-3-9-18-29/h1-26H. The molecule has 0 spiro atoms. The second kappa shape index (κ2) is 11.6. The average Bonchev–Trinajstić information content (AvgIpc) is 3.76. The van der Waals surface area contributed by atoms with Crippen LogP contribution in [0.15, 0.2) is 162 Å². The summed E-state index contributed by atoms with van der Waals surface area (Å²) in [6, 6.07) is 53.8. The predicted octanol–water partition coefficient (Wildman–Crippen LogP) is 11.9. The van der Waals surface area contributed by atoms with E-state index >= 15 is 0 Å². The maximum Gasteiger partial charge on any atom is 0.180 e. The molecule has 0 amide bonds. The Labute approximate surface area is 291 Å². The zero-order chi connectivity index (χ0) is 33.0. The van der Waals surface area contributed by atoms with Crippen LogP contribution in [-0.2, 0) is 0 Å². The van der Waals surface area contributed by atoms with Crippen LogP contribution in [0.1, 0.15) is 0 Å². The third-order valence-electron chi connectivity index (χ3n) is 9.13. The number of nitrogens with zero attached hydrogens (tertiary/aromatic N) is 4. The molecule has 0 atom stereocenters. The minimum atomic E-state index is 0.662. The Hall–Kier alpha value is -6.50. The lowest BCUT2D eigenvalue weighted by atomic mass is 10.0. The predicted molar refractivity (Wildman–Crippen MR) is 205 cm³/mol. The lowest BCUT2D eigenvalue weighted by Crippen LogP contribution is -1.96. The summed E-state index contributed by atoms with van der Waals surface area (Å²) in [6.45, 7) is 0. The van der Waals surface area contributed by atoms with Gasteiger partial charge in [0, 0.05) is 53.4 Å². The molecule has 234 valence electrons. The fourth-order valence-corrected chi connectivity index (χ4v) is 7.86. The molecule has 10 aromatic rings. The Morgan fingerprint density at radius 2 is 1.10 bits per heavy atom. The first-order valence-corrected chi connectivity index (χ1v) is 17.3. The smallest absolute Gasteiger partial charge is 0.180 e. The maximum absolute atomic E-state index is 6.47. The highest BCUT2D eigenvalue weighted by molar-refractivity contribution is 7.26. The molecule has 0 fully saturated rings. The number of hydrogen-bond donors (Lipinski definition) is 0. The second-order valence-electron chi connectivity index (χ2n) is 12.2. The Morgan fingerprint density at radius 3 is 1.82 bits per heavy atom. The number of furan rings is 1. The van der Waals surface area contributed by atoms with E-state index in [0.717, 1.165) is 72.2 Å². The molecule has 5 nitrogen and oxygen atoms in total. The fraction of sp³-hybridized carbons (Fsp3) is 0. The Bertz CT molecular complexity index is 2810.